The van der Waals surface area contributed by atoms with Crippen molar-refractivity contribution in [3.63, 3.8) is 0 Å². The van der Waals surface area contributed by atoms with Crippen LogP contribution in [0.5, 0.6) is 0 Å². The maximum absolute atomic E-state index is 13.7. The predicted molar refractivity (Wildman–Crippen MR) is 118 cm³/mol. The summed E-state index contributed by atoms with van der Waals surface area (Å²) >= 11 is 1.39. The van der Waals surface area contributed by atoms with E-state index < -0.39 is 17.5 Å². The maximum atomic E-state index is 13.7. The Kier molecular flexibility index (Phi) is 7.08. The number of hydrogen-bond donors (Lipinski definition) is 1. The largest absolute Gasteiger partial charge is 0.346 e. The van der Waals surface area contributed by atoms with Crippen LogP contribution in [-0.2, 0) is 17.8 Å². The first-order valence-electron chi connectivity index (χ1n) is 10.6. The third kappa shape index (κ3) is 5.78. The topological polar surface area (TPSA) is 62.3 Å². The average molecular weight is 474 g/mol. The Labute approximate surface area is 193 Å². The van der Waals surface area contributed by atoms with Gasteiger partial charge in [0.2, 0.25) is 5.91 Å². The first-order chi connectivity index (χ1) is 15.9. The number of amides is 2. The number of benzene rings is 2. The molecule has 0 bridgehead atoms. The zero-order chi connectivity index (χ0) is 23.4. The average Bonchev–Trinajstić information content (AvgIpc) is 3.30. The van der Waals surface area contributed by atoms with E-state index >= 15 is 0 Å². The lowest BCUT2D eigenvalue weighted by Gasteiger charge is -2.31. The van der Waals surface area contributed by atoms with Crippen molar-refractivity contribution < 1.29 is 22.8 Å². The van der Waals surface area contributed by atoms with Crippen LogP contribution in [0.2, 0.25) is 0 Å². The van der Waals surface area contributed by atoms with Crippen molar-refractivity contribution in [2.24, 2.45) is 0 Å². The minimum Gasteiger partial charge on any atom is -0.346 e. The van der Waals surface area contributed by atoms with Crippen molar-refractivity contribution in [3.05, 3.63) is 87.1 Å². The second-order valence-electron chi connectivity index (χ2n) is 7.95. The number of thiazole rings is 1. The fourth-order valence-corrected chi connectivity index (χ4v) is 4.75. The van der Waals surface area contributed by atoms with E-state index in [-0.39, 0.29) is 41.9 Å². The molecule has 4 rings (SSSR count). The van der Waals surface area contributed by atoms with Crippen molar-refractivity contribution in [1.82, 2.24) is 15.2 Å². The summed E-state index contributed by atoms with van der Waals surface area (Å²) in [6.07, 6.45) is 1.72. The lowest BCUT2D eigenvalue weighted by molar-refractivity contribution is -0.131. The molecule has 1 fully saturated rings. The first kappa shape index (κ1) is 23.0. The molecule has 1 N–H and O–H groups in total. The molecule has 33 heavy (non-hydrogen) atoms. The molecule has 0 saturated carbocycles. The molecule has 3 aromatic rings. The van der Waals surface area contributed by atoms with E-state index in [0.29, 0.717) is 13.1 Å². The number of carbonyl (C=O) groups excluding carboxylic acids is 2. The van der Waals surface area contributed by atoms with Gasteiger partial charge in [0.15, 0.2) is 0 Å². The fraction of sp³-hybridized carbons (Fsp3) is 0.292. The lowest BCUT2D eigenvalue weighted by atomic mass is 9.97. The number of likely N-dealkylation sites (tertiary alicyclic amines) is 1. The molecule has 0 radical (unpaired) electrons. The van der Waals surface area contributed by atoms with Crippen LogP contribution < -0.4 is 5.32 Å². The van der Waals surface area contributed by atoms with Gasteiger partial charge in [-0.2, -0.15) is 0 Å². The Morgan fingerprint density at radius 3 is 2.42 bits per heavy atom. The van der Waals surface area contributed by atoms with Gasteiger partial charge in [-0.1, -0.05) is 18.2 Å². The molecular weight excluding hydrogens is 451 g/mol. The highest BCUT2D eigenvalue weighted by molar-refractivity contribution is 7.09. The van der Waals surface area contributed by atoms with Crippen LogP contribution in [0, 0.1) is 17.5 Å². The molecule has 0 aliphatic carbocycles. The van der Waals surface area contributed by atoms with E-state index in [2.05, 4.69) is 10.3 Å². The maximum Gasteiger partial charge on any atom is 0.271 e. The van der Waals surface area contributed by atoms with Gasteiger partial charge >= 0.3 is 0 Å². The van der Waals surface area contributed by atoms with Crippen molar-refractivity contribution in [3.8, 4) is 0 Å². The summed E-state index contributed by atoms with van der Waals surface area (Å²) in [5.74, 6) is -1.97. The number of piperidine rings is 1. The summed E-state index contributed by atoms with van der Waals surface area (Å²) in [4.78, 5) is 31.2. The van der Waals surface area contributed by atoms with Crippen LogP contribution in [0.15, 0.2) is 47.8 Å². The number of hydrogen-bond acceptors (Lipinski definition) is 4. The van der Waals surface area contributed by atoms with Gasteiger partial charge in [-0.05, 0) is 36.6 Å². The molecule has 5 nitrogen and oxygen atoms in total. The number of nitrogens with one attached hydrogen (secondary N) is 1. The molecule has 0 spiro atoms. The second kappa shape index (κ2) is 10.2. The minimum absolute atomic E-state index is 0.00675. The smallest absolute Gasteiger partial charge is 0.271 e. The van der Waals surface area contributed by atoms with Gasteiger partial charge in [0.25, 0.3) is 5.91 Å². The van der Waals surface area contributed by atoms with Crippen LogP contribution in [0.4, 0.5) is 13.2 Å². The molecule has 1 aromatic heterocycles. The molecule has 2 amide bonds. The summed E-state index contributed by atoms with van der Waals surface area (Å²) in [5, 5.41) is 5.10. The highest BCUT2D eigenvalue weighted by Crippen LogP contribution is 2.30. The number of rotatable bonds is 6. The van der Waals surface area contributed by atoms with Crippen molar-refractivity contribution in [2.45, 2.75) is 31.7 Å². The van der Waals surface area contributed by atoms with E-state index in [4.69, 9.17) is 0 Å². The Morgan fingerprint density at radius 2 is 1.73 bits per heavy atom. The van der Waals surface area contributed by atoms with E-state index in [1.807, 2.05) is 0 Å². The van der Waals surface area contributed by atoms with Crippen LogP contribution in [-0.4, -0.2) is 34.8 Å². The molecular formula is C24H22F3N3O2S. The Morgan fingerprint density at radius 1 is 1.03 bits per heavy atom. The van der Waals surface area contributed by atoms with Crippen molar-refractivity contribution >= 4 is 23.2 Å². The summed E-state index contributed by atoms with van der Waals surface area (Å²) in [5.41, 5.74) is 1.23. The highest BCUT2D eigenvalue weighted by Gasteiger charge is 2.26. The molecule has 2 aromatic carbocycles. The van der Waals surface area contributed by atoms with Crippen LogP contribution in [0.3, 0.4) is 0 Å². The summed E-state index contributed by atoms with van der Waals surface area (Å²) in [6.45, 7) is 1.12. The third-order valence-corrected chi connectivity index (χ3v) is 6.68. The zero-order valence-electron chi connectivity index (χ0n) is 17.7. The normalized spacial score (nSPS) is 14.3. The quantitative estimate of drug-likeness (QED) is 0.576. The van der Waals surface area contributed by atoms with E-state index in [1.165, 1.54) is 29.5 Å². The Hall–Kier alpha value is -3.20. The summed E-state index contributed by atoms with van der Waals surface area (Å²) in [6, 6.07) is 9.14. The third-order valence-electron chi connectivity index (χ3n) is 5.67. The fourth-order valence-electron chi connectivity index (χ4n) is 3.78. The van der Waals surface area contributed by atoms with Crippen molar-refractivity contribution in [2.75, 3.05) is 13.1 Å². The van der Waals surface area contributed by atoms with Crippen LogP contribution >= 0.6 is 11.3 Å². The molecule has 1 aliphatic rings. The zero-order valence-corrected chi connectivity index (χ0v) is 18.5. The minimum atomic E-state index is -0.713. The second-order valence-corrected chi connectivity index (χ2v) is 8.84. The number of carbonyl (C=O) groups is 2. The molecule has 1 aliphatic heterocycles. The monoisotopic (exact) mass is 473 g/mol. The standard InChI is InChI=1S/C24H22F3N3O2S/c25-18-4-1-15(2-5-18)11-22(31)30-9-7-16(8-10-30)24-29-21(14-33-24)23(32)28-13-17-3-6-19(26)12-20(17)27/h1-6,12,14,16H,7-11,13H2,(H,28,32). The highest BCUT2D eigenvalue weighted by atomic mass is 32.1. The number of aromatic nitrogens is 1. The Bertz CT molecular complexity index is 1140. The molecule has 2 heterocycles. The van der Waals surface area contributed by atoms with Crippen LogP contribution in [0.25, 0.3) is 0 Å². The molecule has 1 saturated heterocycles. The van der Waals surface area contributed by atoms with E-state index in [9.17, 15) is 22.8 Å². The van der Waals surface area contributed by atoms with Gasteiger partial charge in [0.1, 0.15) is 23.1 Å². The summed E-state index contributed by atoms with van der Waals surface area (Å²) < 4.78 is 39.8. The number of halogens is 3. The van der Waals surface area contributed by atoms with Gasteiger partial charge in [-0.25, -0.2) is 18.2 Å². The molecule has 172 valence electrons. The van der Waals surface area contributed by atoms with E-state index in [0.717, 1.165) is 35.5 Å². The van der Waals surface area contributed by atoms with Gasteiger partial charge in [0, 0.05) is 42.6 Å². The van der Waals surface area contributed by atoms with Crippen molar-refractivity contribution in [1.29, 1.82) is 0 Å². The summed E-state index contributed by atoms with van der Waals surface area (Å²) in [7, 11) is 0. The van der Waals surface area contributed by atoms with Crippen LogP contribution in [0.1, 0.15) is 45.4 Å². The molecule has 9 heteroatoms. The Balaban J connectivity index is 1.28. The molecule has 0 atom stereocenters. The SMILES string of the molecule is O=C(NCc1ccc(F)cc1F)c1csc(C2CCN(C(=O)Cc3ccc(F)cc3)CC2)n1. The predicted octanol–water partition coefficient (Wildman–Crippen LogP) is 4.44. The lowest BCUT2D eigenvalue weighted by Crippen LogP contribution is -2.38. The first-order valence-corrected chi connectivity index (χ1v) is 11.5. The van der Waals surface area contributed by atoms with Gasteiger partial charge in [0.05, 0.1) is 11.4 Å². The van der Waals surface area contributed by atoms with Gasteiger partial charge in [-0.15, -0.1) is 11.3 Å². The van der Waals surface area contributed by atoms with Gasteiger partial charge < -0.3 is 10.2 Å². The molecule has 0 unspecified atom stereocenters. The van der Waals surface area contributed by atoms with Gasteiger partial charge in [-0.3, -0.25) is 9.59 Å². The van der Waals surface area contributed by atoms with E-state index in [1.54, 1.807) is 22.4 Å². The number of nitrogens with zero attached hydrogens (tertiary/aromatic N) is 2.